The molecule has 2 aromatic carbocycles. The maximum Gasteiger partial charge on any atom is 0.282 e. The van der Waals surface area contributed by atoms with Gasteiger partial charge in [0, 0.05) is 10.4 Å². The maximum atomic E-state index is 13.3. The average molecular weight is 378 g/mol. The first-order valence-corrected chi connectivity index (χ1v) is 9.12. The number of rotatable bonds is 4. The number of anilines is 1. The van der Waals surface area contributed by atoms with Gasteiger partial charge in [0.2, 0.25) is 0 Å². The van der Waals surface area contributed by atoms with E-state index < -0.39 is 0 Å². The zero-order valence-electron chi connectivity index (χ0n) is 14.4. The van der Waals surface area contributed by atoms with E-state index in [4.69, 9.17) is 4.74 Å². The molecule has 4 nitrogen and oxygen atoms in total. The molecule has 1 aliphatic rings. The lowest BCUT2D eigenvalue weighted by molar-refractivity contribution is -0.113. The summed E-state index contributed by atoms with van der Waals surface area (Å²) in [4.78, 5) is 20.1. The minimum atomic E-state index is -0.359. The van der Waals surface area contributed by atoms with Gasteiger partial charge < -0.3 is 4.74 Å². The van der Waals surface area contributed by atoms with Crippen molar-refractivity contribution in [1.29, 1.82) is 0 Å². The third-order valence-electron chi connectivity index (χ3n) is 4.12. The summed E-state index contributed by atoms with van der Waals surface area (Å²) in [7, 11) is 1.60. The fraction of sp³-hybridized carbons (Fsp3) is 0.0476. The Balaban J connectivity index is 1.80. The molecule has 1 amide bonds. The van der Waals surface area contributed by atoms with Crippen molar-refractivity contribution in [2.75, 3.05) is 12.0 Å². The molecule has 6 heteroatoms. The molecule has 134 valence electrons. The molecule has 0 aliphatic carbocycles. The van der Waals surface area contributed by atoms with E-state index in [0.29, 0.717) is 23.0 Å². The highest BCUT2D eigenvalue weighted by atomic mass is 32.1. The van der Waals surface area contributed by atoms with Gasteiger partial charge in [-0.2, -0.15) is 0 Å². The van der Waals surface area contributed by atoms with Crippen molar-refractivity contribution in [3.05, 3.63) is 88.0 Å². The third-order valence-corrected chi connectivity index (χ3v) is 4.93. The molecule has 1 aliphatic heterocycles. The number of ether oxygens (including phenoxy) is 1. The molecule has 0 radical (unpaired) electrons. The zero-order valence-corrected chi connectivity index (χ0v) is 15.2. The molecular weight excluding hydrogens is 363 g/mol. The van der Waals surface area contributed by atoms with E-state index in [1.54, 1.807) is 25.3 Å². The van der Waals surface area contributed by atoms with Crippen LogP contribution in [0.3, 0.4) is 0 Å². The lowest BCUT2D eigenvalue weighted by Crippen LogP contribution is -2.32. The second-order valence-electron chi connectivity index (χ2n) is 5.83. The topological polar surface area (TPSA) is 41.9 Å². The summed E-state index contributed by atoms with van der Waals surface area (Å²) in [5.41, 5.74) is 1.67. The van der Waals surface area contributed by atoms with Crippen molar-refractivity contribution in [2.24, 2.45) is 4.99 Å². The molecule has 1 aromatic heterocycles. The van der Waals surface area contributed by atoms with Crippen LogP contribution in [0.1, 0.15) is 10.4 Å². The number of carbonyl (C=O) groups excluding carboxylic acids is 1. The standard InChI is InChI=1S/C21H15FN2O2S/c1-26-17-10-4-14(5-11-17)20-23-19(13-18-3-2-12-27-18)21(25)24(20)16-8-6-15(22)7-9-16/h2-13H,1H3/b19-13+. The third kappa shape index (κ3) is 3.39. The Kier molecular flexibility index (Phi) is 4.56. The predicted molar refractivity (Wildman–Crippen MR) is 106 cm³/mol. The number of nitrogens with zero attached hydrogens (tertiary/aromatic N) is 2. The summed E-state index contributed by atoms with van der Waals surface area (Å²) >= 11 is 1.53. The highest BCUT2D eigenvalue weighted by molar-refractivity contribution is 7.10. The maximum absolute atomic E-state index is 13.3. The van der Waals surface area contributed by atoms with Gasteiger partial charge in [0.05, 0.1) is 12.8 Å². The fourth-order valence-electron chi connectivity index (χ4n) is 2.79. The molecule has 0 unspecified atom stereocenters. The zero-order chi connectivity index (χ0) is 18.8. The normalized spacial score (nSPS) is 15.3. The number of aliphatic imine (C=N–C) groups is 1. The highest BCUT2D eigenvalue weighted by Gasteiger charge is 2.32. The van der Waals surface area contributed by atoms with E-state index in [0.717, 1.165) is 10.4 Å². The largest absolute Gasteiger partial charge is 0.497 e. The molecule has 0 atom stereocenters. The number of halogens is 1. The van der Waals surface area contributed by atoms with Crippen LogP contribution < -0.4 is 9.64 Å². The Morgan fingerprint density at radius 1 is 1.07 bits per heavy atom. The van der Waals surface area contributed by atoms with Crippen molar-refractivity contribution >= 4 is 34.8 Å². The van der Waals surface area contributed by atoms with Crippen molar-refractivity contribution in [1.82, 2.24) is 0 Å². The van der Waals surface area contributed by atoms with Gasteiger partial charge >= 0.3 is 0 Å². The van der Waals surface area contributed by atoms with Crippen LogP contribution in [0.5, 0.6) is 5.75 Å². The van der Waals surface area contributed by atoms with E-state index in [-0.39, 0.29) is 11.7 Å². The molecule has 0 saturated heterocycles. The smallest absolute Gasteiger partial charge is 0.282 e. The second kappa shape index (κ2) is 7.17. The fourth-order valence-corrected chi connectivity index (χ4v) is 3.44. The molecule has 0 bridgehead atoms. The first-order valence-electron chi connectivity index (χ1n) is 8.24. The summed E-state index contributed by atoms with van der Waals surface area (Å²) in [5, 5.41) is 1.94. The van der Waals surface area contributed by atoms with Gasteiger partial charge in [0.1, 0.15) is 23.1 Å². The Bertz CT molecular complexity index is 1020. The average Bonchev–Trinajstić information content (AvgIpc) is 3.32. The Morgan fingerprint density at radius 3 is 2.44 bits per heavy atom. The lowest BCUT2D eigenvalue weighted by atomic mass is 10.1. The SMILES string of the molecule is COc1ccc(C2=N/C(=C/c3cccs3)C(=O)N2c2ccc(F)cc2)cc1. The van der Waals surface area contributed by atoms with Crippen LogP contribution in [0.4, 0.5) is 10.1 Å². The van der Waals surface area contributed by atoms with E-state index in [1.165, 1.54) is 28.4 Å². The van der Waals surface area contributed by atoms with Crippen LogP contribution in [0, 0.1) is 5.82 Å². The summed E-state index contributed by atoms with van der Waals surface area (Å²) in [6.45, 7) is 0. The van der Waals surface area contributed by atoms with E-state index >= 15 is 0 Å². The quantitative estimate of drug-likeness (QED) is 0.616. The van der Waals surface area contributed by atoms with Crippen LogP contribution in [-0.2, 0) is 4.79 Å². The van der Waals surface area contributed by atoms with Crippen molar-refractivity contribution in [2.45, 2.75) is 0 Å². The Labute approximate surface area is 159 Å². The van der Waals surface area contributed by atoms with Crippen molar-refractivity contribution in [3.8, 4) is 5.75 Å². The number of thiophene rings is 1. The van der Waals surface area contributed by atoms with E-state index in [2.05, 4.69) is 4.99 Å². The van der Waals surface area contributed by atoms with Crippen molar-refractivity contribution < 1.29 is 13.9 Å². The Morgan fingerprint density at radius 2 is 1.81 bits per heavy atom. The predicted octanol–water partition coefficient (Wildman–Crippen LogP) is 4.73. The van der Waals surface area contributed by atoms with E-state index in [9.17, 15) is 9.18 Å². The highest BCUT2D eigenvalue weighted by Crippen LogP contribution is 2.29. The van der Waals surface area contributed by atoms with Crippen LogP contribution in [0.15, 0.2) is 76.7 Å². The molecule has 4 rings (SSSR count). The van der Waals surface area contributed by atoms with Crippen LogP contribution in [0.25, 0.3) is 6.08 Å². The molecule has 0 saturated carbocycles. The number of methoxy groups -OCH3 is 1. The lowest BCUT2D eigenvalue weighted by Gasteiger charge is -2.18. The summed E-state index contributed by atoms with van der Waals surface area (Å²) in [6.07, 6.45) is 1.76. The second-order valence-corrected chi connectivity index (χ2v) is 6.81. The number of carbonyl (C=O) groups is 1. The van der Waals surface area contributed by atoms with Gasteiger partial charge in [-0.1, -0.05) is 6.07 Å². The van der Waals surface area contributed by atoms with Gasteiger partial charge in [-0.25, -0.2) is 9.38 Å². The summed E-state index contributed by atoms with van der Waals surface area (Å²) in [6, 6.07) is 16.9. The van der Waals surface area contributed by atoms with Gasteiger partial charge in [-0.05, 0) is 66.1 Å². The van der Waals surface area contributed by atoms with Crippen LogP contribution in [0.2, 0.25) is 0 Å². The van der Waals surface area contributed by atoms with Gasteiger partial charge in [-0.3, -0.25) is 9.69 Å². The Hall–Kier alpha value is -3.25. The molecule has 0 fully saturated rings. The number of benzene rings is 2. The molecule has 0 N–H and O–H groups in total. The molecule has 0 spiro atoms. The molecule has 27 heavy (non-hydrogen) atoms. The first-order chi connectivity index (χ1) is 13.2. The van der Waals surface area contributed by atoms with E-state index in [1.807, 2.05) is 41.8 Å². The number of amidine groups is 1. The van der Waals surface area contributed by atoms with Gasteiger partial charge in [0.25, 0.3) is 5.91 Å². The van der Waals surface area contributed by atoms with Gasteiger partial charge in [0.15, 0.2) is 0 Å². The van der Waals surface area contributed by atoms with Gasteiger partial charge in [-0.15, -0.1) is 11.3 Å². The molecule has 2 heterocycles. The van der Waals surface area contributed by atoms with Crippen molar-refractivity contribution in [3.63, 3.8) is 0 Å². The minimum Gasteiger partial charge on any atom is -0.497 e. The molecular formula is C21H15FN2O2S. The van der Waals surface area contributed by atoms with Crippen LogP contribution >= 0.6 is 11.3 Å². The number of hydrogen-bond donors (Lipinski definition) is 0. The molecule has 3 aromatic rings. The van der Waals surface area contributed by atoms with Crippen LogP contribution in [-0.4, -0.2) is 18.9 Å². The number of amides is 1. The monoisotopic (exact) mass is 378 g/mol. The first kappa shape index (κ1) is 17.2. The summed E-state index contributed by atoms with van der Waals surface area (Å²) < 4.78 is 18.5. The minimum absolute atomic E-state index is 0.249. The summed E-state index contributed by atoms with van der Waals surface area (Å²) in [5.74, 6) is 0.604. The number of hydrogen-bond acceptors (Lipinski definition) is 4.